The molecule has 0 aliphatic carbocycles. The number of nitrogens with one attached hydrogen (secondary N) is 2. The molecule has 3 aliphatic heterocycles. The normalized spacial score (nSPS) is 16.7. The van der Waals surface area contributed by atoms with Crippen molar-refractivity contribution in [2.45, 2.75) is 19.4 Å². The number of halogens is 1. The number of phenols is 1. The van der Waals surface area contributed by atoms with Gasteiger partial charge in [0.25, 0.3) is 0 Å². The van der Waals surface area contributed by atoms with E-state index < -0.39 is 0 Å². The van der Waals surface area contributed by atoms with Gasteiger partial charge in [-0.25, -0.2) is 0 Å². The van der Waals surface area contributed by atoms with Crippen LogP contribution in [-0.2, 0) is 6.42 Å². The predicted molar refractivity (Wildman–Crippen MR) is 134 cm³/mol. The zero-order valence-corrected chi connectivity index (χ0v) is 19.5. The highest BCUT2D eigenvalue weighted by Gasteiger charge is 2.26. The lowest BCUT2D eigenvalue weighted by atomic mass is 9.92. The molecule has 1 unspecified atom stereocenters. The number of aromatic hydroxyl groups is 1. The average Bonchev–Trinajstić information content (AvgIpc) is 2.82. The van der Waals surface area contributed by atoms with E-state index in [9.17, 15) is 5.11 Å². The second-order valence-corrected chi connectivity index (χ2v) is 8.87. The van der Waals surface area contributed by atoms with Crippen molar-refractivity contribution in [3.63, 3.8) is 0 Å². The lowest BCUT2D eigenvalue weighted by Crippen LogP contribution is -2.44. The Labute approximate surface area is 201 Å². The molecule has 34 heavy (non-hydrogen) atoms. The summed E-state index contributed by atoms with van der Waals surface area (Å²) in [4.78, 5) is 9.16. The summed E-state index contributed by atoms with van der Waals surface area (Å²) in [5.41, 5.74) is 4.37. The molecule has 2 bridgehead atoms. The van der Waals surface area contributed by atoms with E-state index in [1.165, 1.54) is 0 Å². The molecule has 0 saturated heterocycles. The number of rotatable bonds is 3. The number of benzene rings is 3. The quantitative estimate of drug-likeness (QED) is 0.383. The van der Waals surface area contributed by atoms with Gasteiger partial charge >= 0.3 is 6.01 Å². The first-order valence-electron chi connectivity index (χ1n) is 11.2. The van der Waals surface area contributed by atoms with Crippen LogP contribution in [0, 0.1) is 0 Å². The summed E-state index contributed by atoms with van der Waals surface area (Å²) < 4.78 is 11.7. The Kier molecular flexibility index (Phi) is 4.88. The monoisotopic (exact) mass is 474 g/mol. The van der Waals surface area contributed by atoms with Crippen LogP contribution in [0.4, 0.5) is 5.82 Å². The number of anilines is 1. The van der Waals surface area contributed by atoms with Crippen LogP contribution in [-0.4, -0.2) is 41.4 Å². The standard InChI is InChI=1S/C26H23ClN4O3/c1-3-13-5-4-6-14-7-17(32)9-18(21(13)14)19-10-20-22-24(23(19)27)34-12-16-8-15(29-16)11-28-25(22)31-26(30-20)33-2/h4-10,15,29,32H,3,11-12H2,1-2H3,(H,28,30,31). The Morgan fingerprint density at radius 1 is 1.18 bits per heavy atom. The minimum atomic E-state index is 0.168. The van der Waals surface area contributed by atoms with Crippen molar-refractivity contribution in [2.24, 2.45) is 0 Å². The highest BCUT2D eigenvalue weighted by molar-refractivity contribution is 6.37. The number of methoxy groups -OCH3 is 1. The molecular weight excluding hydrogens is 452 g/mol. The number of aromatic nitrogens is 2. The van der Waals surface area contributed by atoms with Crippen molar-refractivity contribution >= 4 is 39.1 Å². The molecule has 3 aliphatic rings. The van der Waals surface area contributed by atoms with E-state index in [1.54, 1.807) is 19.2 Å². The maximum atomic E-state index is 10.5. The van der Waals surface area contributed by atoms with Crippen molar-refractivity contribution in [3.05, 3.63) is 58.8 Å². The van der Waals surface area contributed by atoms with E-state index in [0.717, 1.165) is 39.6 Å². The first-order chi connectivity index (χ1) is 16.6. The maximum absolute atomic E-state index is 10.5. The average molecular weight is 475 g/mol. The molecule has 7 nitrogen and oxygen atoms in total. The lowest BCUT2D eigenvalue weighted by Gasteiger charge is -2.31. The molecule has 1 atom stereocenters. The summed E-state index contributed by atoms with van der Waals surface area (Å²) >= 11 is 7.07. The van der Waals surface area contributed by atoms with Crippen LogP contribution in [0.15, 0.2) is 48.2 Å². The number of ether oxygens (including phenoxy) is 2. The second kappa shape index (κ2) is 7.95. The van der Waals surface area contributed by atoms with Gasteiger partial charge in [0.2, 0.25) is 0 Å². The zero-order chi connectivity index (χ0) is 23.4. The minimum absolute atomic E-state index is 0.168. The number of hydrogen-bond acceptors (Lipinski definition) is 7. The molecule has 7 rings (SSSR count). The third-order valence-electron chi connectivity index (χ3n) is 6.40. The Balaban J connectivity index is 1.68. The summed E-state index contributed by atoms with van der Waals surface area (Å²) in [5, 5.41) is 20.4. The Morgan fingerprint density at radius 3 is 2.82 bits per heavy atom. The Morgan fingerprint density at radius 2 is 2.03 bits per heavy atom. The number of fused-ring (bicyclic) bond motifs is 3. The molecule has 3 aromatic carbocycles. The fourth-order valence-electron chi connectivity index (χ4n) is 4.80. The van der Waals surface area contributed by atoms with Gasteiger partial charge in [0.1, 0.15) is 18.2 Å². The van der Waals surface area contributed by atoms with Crippen LogP contribution in [0.2, 0.25) is 5.02 Å². The van der Waals surface area contributed by atoms with Gasteiger partial charge in [-0.15, -0.1) is 0 Å². The van der Waals surface area contributed by atoms with Crippen LogP contribution in [0.1, 0.15) is 12.5 Å². The molecule has 0 fully saturated rings. The van der Waals surface area contributed by atoms with Crippen molar-refractivity contribution in [1.82, 2.24) is 15.3 Å². The highest BCUT2D eigenvalue weighted by Crippen LogP contribution is 2.47. The van der Waals surface area contributed by atoms with E-state index in [2.05, 4.69) is 39.7 Å². The van der Waals surface area contributed by atoms with Gasteiger partial charge in [-0.05, 0) is 52.6 Å². The smallest absolute Gasteiger partial charge is 0.318 e. The molecule has 8 heteroatoms. The number of hydrogen-bond donors (Lipinski definition) is 3. The topological polar surface area (TPSA) is 88.5 Å². The van der Waals surface area contributed by atoms with Crippen molar-refractivity contribution in [2.75, 3.05) is 25.6 Å². The first kappa shape index (κ1) is 20.9. The van der Waals surface area contributed by atoms with Crippen molar-refractivity contribution in [3.8, 4) is 28.6 Å². The number of phenolic OH excluding ortho intramolecular Hbond substituents is 1. The molecule has 0 radical (unpaired) electrons. The van der Waals surface area contributed by atoms with Gasteiger partial charge in [0, 0.05) is 17.8 Å². The third-order valence-corrected chi connectivity index (χ3v) is 6.77. The van der Waals surface area contributed by atoms with Crippen LogP contribution in [0.25, 0.3) is 32.8 Å². The van der Waals surface area contributed by atoms with Crippen molar-refractivity contribution in [1.29, 1.82) is 0 Å². The summed E-state index contributed by atoms with van der Waals surface area (Å²) in [6, 6.07) is 12.0. The van der Waals surface area contributed by atoms with Crippen molar-refractivity contribution < 1.29 is 14.6 Å². The zero-order valence-electron chi connectivity index (χ0n) is 18.8. The molecule has 4 aromatic rings. The van der Waals surface area contributed by atoms with E-state index >= 15 is 0 Å². The molecule has 3 N–H and O–H groups in total. The fourth-order valence-corrected chi connectivity index (χ4v) is 5.10. The fraction of sp³-hybridized carbons (Fsp3) is 0.231. The van der Waals surface area contributed by atoms with E-state index in [-0.39, 0.29) is 17.8 Å². The summed E-state index contributed by atoms with van der Waals surface area (Å²) in [7, 11) is 1.54. The largest absolute Gasteiger partial charge is 0.508 e. The van der Waals surface area contributed by atoms with Crippen LogP contribution >= 0.6 is 11.6 Å². The molecule has 4 heterocycles. The summed E-state index contributed by atoms with van der Waals surface area (Å²) in [6.07, 6.45) is 2.97. The van der Waals surface area contributed by atoms with E-state index in [4.69, 9.17) is 21.1 Å². The predicted octanol–water partition coefficient (Wildman–Crippen LogP) is 5.04. The van der Waals surface area contributed by atoms with Crippen LogP contribution in [0.3, 0.4) is 0 Å². The summed E-state index contributed by atoms with van der Waals surface area (Å²) in [6.45, 7) is 3.14. The molecular formula is C26H23ClN4O3. The maximum Gasteiger partial charge on any atom is 0.318 e. The van der Waals surface area contributed by atoms with E-state index in [0.29, 0.717) is 40.6 Å². The minimum Gasteiger partial charge on any atom is -0.508 e. The first-order valence-corrected chi connectivity index (χ1v) is 11.6. The van der Waals surface area contributed by atoms with Gasteiger partial charge in [0.05, 0.1) is 29.1 Å². The molecule has 1 aromatic heterocycles. The lowest BCUT2D eigenvalue weighted by molar-refractivity contribution is 0.332. The number of aryl methyl sites for hydroxylation is 1. The Bertz CT molecular complexity index is 1500. The summed E-state index contributed by atoms with van der Waals surface area (Å²) in [5.74, 6) is 1.27. The molecule has 172 valence electrons. The SMILES string of the molecule is CCc1cccc2cc(O)cc(-c3cc4nc(OC)nc5c4c(c3Cl)OCC3=CC(CN5)N3)c12. The number of nitrogens with zero attached hydrogens (tertiary/aromatic N) is 2. The van der Waals surface area contributed by atoms with Crippen LogP contribution in [0.5, 0.6) is 17.5 Å². The highest BCUT2D eigenvalue weighted by atomic mass is 35.5. The van der Waals surface area contributed by atoms with Crippen LogP contribution < -0.4 is 20.1 Å². The van der Waals surface area contributed by atoms with E-state index in [1.807, 2.05) is 18.2 Å². The Hall–Kier alpha value is -3.71. The molecule has 0 spiro atoms. The van der Waals surface area contributed by atoms with Gasteiger partial charge in [-0.1, -0.05) is 36.7 Å². The van der Waals surface area contributed by atoms with Gasteiger partial charge in [0.15, 0.2) is 5.75 Å². The molecule has 0 saturated carbocycles. The van der Waals surface area contributed by atoms with Gasteiger partial charge in [-0.2, -0.15) is 9.97 Å². The van der Waals surface area contributed by atoms with Gasteiger partial charge < -0.3 is 25.2 Å². The molecule has 0 amide bonds. The van der Waals surface area contributed by atoms with Gasteiger partial charge in [-0.3, -0.25) is 0 Å². The second-order valence-electron chi connectivity index (χ2n) is 8.49. The third kappa shape index (κ3) is 3.27.